The van der Waals surface area contributed by atoms with Crippen LogP contribution in [0, 0.1) is 5.41 Å². The molecule has 1 aromatic carbocycles. The first-order chi connectivity index (χ1) is 10.0. The first-order valence-corrected chi connectivity index (χ1v) is 7.27. The van der Waals surface area contributed by atoms with E-state index in [1.165, 1.54) is 0 Å². The monoisotopic (exact) mass is 308 g/mol. The standard InChI is InChI=1S/C15H20N2O3S/c1-19-11-7-10(8-12(9-11)20-2)17-14(18)15(13(16)21)5-3-4-6-15/h7-9H,3-6H2,1-2H3,(H2,16,21)(H,17,18). The molecule has 0 aromatic heterocycles. The van der Waals surface area contributed by atoms with Gasteiger partial charge in [0.05, 0.1) is 24.6 Å². The molecule has 1 amide bonds. The van der Waals surface area contributed by atoms with Crippen molar-refractivity contribution in [3.8, 4) is 11.5 Å². The maximum Gasteiger partial charge on any atom is 0.237 e. The van der Waals surface area contributed by atoms with Gasteiger partial charge in [0.1, 0.15) is 11.5 Å². The Kier molecular flexibility index (Phi) is 4.67. The predicted octanol–water partition coefficient (Wildman–Crippen LogP) is 2.49. The maximum atomic E-state index is 12.6. The Balaban J connectivity index is 2.24. The molecule has 21 heavy (non-hydrogen) atoms. The lowest BCUT2D eigenvalue weighted by atomic mass is 9.85. The van der Waals surface area contributed by atoms with Crippen LogP contribution in [0.15, 0.2) is 18.2 Å². The summed E-state index contributed by atoms with van der Waals surface area (Å²) in [4.78, 5) is 12.9. The number of amides is 1. The van der Waals surface area contributed by atoms with E-state index < -0.39 is 5.41 Å². The number of benzene rings is 1. The highest BCUT2D eigenvalue weighted by atomic mass is 32.1. The van der Waals surface area contributed by atoms with Crippen LogP contribution in [0.1, 0.15) is 25.7 Å². The second-order valence-corrected chi connectivity index (χ2v) is 5.65. The third kappa shape index (κ3) is 3.10. The van der Waals surface area contributed by atoms with Crippen LogP contribution in [0.5, 0.6) is 11.5 Å². The number of hydrogen-bond donors (Lipinski definition) is 2. The van der Waals surface area contributed by atoms with Crippen LogP contribution < -0.4 is 20.5 Å². The number of rotatable bonds is 5. The lowest BCUT2D eigenvalue weighted by Crippen LogP contribution is -2.43. The molecule has 2 rings (SSSR count). The average molecular weight is 308 g/mol. The number of thiocarbonyl (C=S) groups is 1. The summed E-state index contributed by atoms with van der Waals surface area (Å²) in [5.74, 6) is 1.07. The highest BCUT2D eigenvalue weighted by Crippen LogP contribution is 2.40. The fourth-order valence-electron chi connectivity index (χ4n) is 2.69. The minimum absolute atomic E-state index is 0.150. The number of hydrogen-bond acceptors (Lipinski definition) is 4. The van der Waals surface area contributed by atoms with Crippen LogP contribution in [-0.4, -0.2) is 25.1 Å². The maximum absolute atomic E-state index is 12.6. The van der Waals surface area contributed by atoms with Gasteiger partial charge in [-0.1, -0.05) is 25.1 Å². The quantitative estimate of drug-likeness (QED) is 0.818. The van der Waals surface area contributed by atoms with Crippen LogP contribution in [0.3, 0.4) is 0 Å². The molecular weight excluding hydrogens is 288 g/mol. The molecule has 0 bridgehead atoms. The molecule has 5 nitrogen and oxygen atoms in total. The van der Waals surface area contributed by atoms with Crippen molar-refractivity contribution in [3.05, 3.63) is 18.2 Å². The molecule has 0 saturated heterocycles. The van der Waals surface area contributed by atoms with Crippen LogP contribution in [-0.2, 0) is 4.79 Å². The summed E-state index contributed by atoms with van der Waals surface area (Å²) in [6.07, 6.45) is 3.34. The number of anilines is 1. The van der Waals surface area contributed by atoms with Gasteiger partial charge >= 0.3 is 0 Å². The number of carbonyl (C=O) groups is 1. The van der Waals surface area contributed by atoms with Gasteiger partial charge in [-0.2, -0.15) is 0 Å². The van der Waals surface area contributed by atoms with Crippen LogP contribution in [0.25, 0.3) is 0 Å². The third-order valence-corrected chi connectivity index (χ3v) is 4.36. The van der Waals surface area contributed by atoms with Gasteiger partial charge in [-0.15, -0.1) is 0 Å². The fraction of sp³-hybridized carbons (Fsp3) is 0.467. The van der Waals surface area contributed by atoms with E-state index in [9.17, 15) is 4.79 Å². The molecular formula is C15H20N2O3S. The van der Waals surface area contributed by atoms with E-state index in [0.29, 0.717) is 30.0 Å². The van der Waals surface area contributed by atoms with Crippen molar-refractivity contribution in [2.45, 2.75) is 25.7 Å². The largest absolute Gasteiger partial charge is 0.497 e. The van der Waals surface area contributed by atoms with E-state index in [1.807, 2.05) is 0 Å². The number of methoxy groups -OCH3 is 2. The Bertz CT molecular complexity index is 532. The fourth-order valence-corrected chi connectivity index (χ4v) is 2.99. The molecule has 0 heterocycles. The molecule has 1 fully saturated rings. The molecule has 3 N–H and O–H groups in total. The van der Waals surface area contributed by atoms with Crippen LogP contribution >= 0.6 is 12.2 Å². The smallest absolute Gasteiger partial charge is 0.237 e. The zero-order valence-electron chi connectivity index (χ0n) is 12.3. The van der Waals surface area contributed by atoms with Crippen molar-refractivity contribution in [2.75, 3.05) is 19.5 Å². The normalized spacial score (nSPS) is 16.3. The van der Waals surface area contributed by atoms with Gasteiger partial charge in [-0.05, 0) is 12.8 Å². The van der Waals surface area contributed by atoms with Crippen LogP contribution in [0.2, 0.25) is 0 Å². The molecule has 0 radical (unpaired) electrons. The Morgan fingerprint density at radius 2 is 1.71 bits per heavy atom. The number of ether oxygens (including phenoxy) is 2. The summed E-state index contributed by atoms with van der Waals surface area (Å²) in [7, 11) is 3.13. The summed E-state index contributed by atoms with van der Waals surface area (Å²) in [6, 6.07) is 5.22. The summed E-state index contributed by atoms with van der Waals surface area (Å²) in [5.41, 5.74) is 5.70. The lowest BCUT2D eigenvalue weighted by Gasteiger charge is -2.26. The highest BCUT2D eigenvalue weighted by Gasteiger charge is 2.44. The first-order valence-electron chi connectivity index (χ1n) is 6.86. The van der Waals surface area contributed by atoms with Gasteiger partial charge in [0.25, 0.3) is 0 Å². The molecule has 0 atom stereocenters. The van der Waals surface area contributed by atoms with E-state index in [4.69, 9.17) is 27.4 Å². The first kappa shape index (κ1) is 15.6. The molecule has 1 aromatic rings. The predicted molar refractivity (Wildman–Crippen MR) is 85.9 cm³/mol. The Morgan fingerprint density at radius 3 is 2.14 bits per heavy atom. The second-order valence-electron chi connectivity index (χ2n) is 5.21. The van der Waals surface area contributed by atoms with Crippen molar-refractivity contribution in [1.82, 2.24) is 0 Å². The number of nitrogens with one attached hydrogen (secondary N) is 1. The SMILES string of the molecule is COc1cc(NC(=O)C2(C(N)=S)CCCC2)cc(OC)c1. The number of nitrogens with two attached hydrogens (primary N) is 1. The summed E-state index contributed by atoms with van der Waals surface area (Å²) in [6.45, 7) is 0. The molecule has 1 saturated carbocycles. The zero-order valence-corrected chi connectivity index (χ0v) is 13.1. The van der Waals surface area contributed by atoms with Crippen molar-refractivity contribution in [3.63, 3.8) is 0 Å². The molecule has 6 heteroatoms. The molecule has 0 unspecified atom stereocenters. The van der Waals surface area contributed by atoms with Gasteiger partial charge < -0.3 is 20.5 Å². The third-order valence-electron chi connectivity index (χ3n) is 3.97. The molecule has 1 aliphatic rings. The average Bonchev–Trinajstić information content (AvgIpc) is 2.97. The van der Waals surface area contributed by atoms with Crippen molar-refractivity contribution in [2.24, 2.45) is 11.1 Å². The Morgan fingerprint density at radius 1 is 1.19 bits per heavy atom. The van der Waals surface area contributed by atoms with Gasteiger partial charge in [0, 0.05) is 23.9 Å². The van der Waals surface area contributed by atoms with Gasteiger partial charge in [0.2, 0.25) is 5.91 Å². The van der Waals surface area contributed by atoms with E-state index in [1.54, 1.807) is 32.4 Å². The molecule has 0 aliphatic heterocycles. The summed E-state index contributed by atoms with van der Waals surface area (Å²) in [5, 5.41) is 2.89. The summed E-state index contributed by atoms with van der Waals surface area (Å²) < 4.78 is 10.4. The van der Waals surface area contributed by atoms with E-state index in [-0.39, 0.29) is 10.9 Å². The van der Waals surface area contributed by atoms with Crippen molar-refractivity contribution in [1.29, 1.82) is 0 Å². The minimum atomic E-state index is -0.731. The topological polar surface area (TPSA) is 73.6 Å². The molecule has 0 spiro atoms. The number of carbonyl (C=O) groups excluding carboxylic acids is 1. The lowest BCUT2D eigenvalue weighted by molar-refractivity contribution is -0.122. The van der Waals surface area contributed by atoms with Crippen molar-refractivity contribution < 1.29 is 14.3 Å². The second kappa shape index (κ2) is 6.30. The summed E-state index contributed by atoms with van der Waals surface area (Å²) >= 11 is 5.12. The minimum Gasteiger partial charge on any atom is -0.497 e. The van der Waals surface area contributed by atoms with E-state index in [0.717, 1.165) is 12.8 Å². The highest BCUT2D eigenvalue weighted by molar-refractivity contribution is 7.80. The van der Waals surface area contributed by atoms with Crippen molar-refractivity contribution >= 4 is 28.8 Å². The van der Waals surface area contributed by atoms with Crippen LogP contribution in [0.4, 0.5) is 5.69 Å². The van der Waals surface area contributed by atoms with Gasteiger partial charge in [-0.25, -0.2) is 0 Å². The van der Waals surface area contributed by atoms with E-state index >= 15 is 0 Å². The van der Waals surface area contributed by atoms with E-state index in [2.05, 4.69) is 5.32 Å². The Hall–Kier alpha value is -1.82. The molecule has 1 aliphatic carbocycles. The zero-order chi connectivity index (χ0) is 15.5. The molecule has 114 valence electrons. The van der Waals surface area contributed by atoms with Gasteiger partial charge in [-0.3, -0.25) is 4.79 Å². The van der Waals surface area contributed by atoms with Gasteiger partial charge in [0.15, 0.2) is 0 Å². The Labute approximate surface area is 129 Å².